The van der Waals surface area contributed by atoms with Crippen molar-refractivity contribution >= 4 is 17.7 Å². The molecule has 5 nitrogen and oxygen atoms in total. The molecule has 1 aliphatic heterocycles. The predicted molar refractivity (Wildman–Crippen MR) is 104 cm³/mol. The fraction of sp³-hybridized carbons (Fsp3) is 0.364. The van der Waals surface area contributed by atoms with Gasteiger partial charge < -0.3 is 10.1 Å². The Balaban J connectivity index is 1.35. The van der Waals surface area contributed by atoms with Crippen LogP contribution in [0.25, 0.3) is 0 Å². The van der Waals surface area contributed by atoms with Crippen LogP contribution in [-0.4, -0.2) is 25.2 Å². The van der Waals surface area contributed by atoms with Crippen LogP contribution in [0.4, 0.5) is 10.5 Å². The van der Waals surface area contributed by atoms with E-state index in [4.69, 9.17) is 4.74 Å². The van der Waals surface area contributed by atoms with E-state index < -0.39 is 0 Å². The highest BCUT2D eigenvalue weighted by Crippen LogP contribution is 2.23. The van der Waals surface area contributed by atoms with Gasteiger partial charge in [0.15, 0.2) is 0 Å². The van der Waals surface area contributed by atoms with Gasteiger partial charge in [-0.15, -0.1) is 0 Å². The summed E-state index contributed by atoms with van der Waals surface area (Å²) in [7, 11) is 0. The van der Waals surface area contributed by atoms with Gasteiger partial charge in [0.2, 0.25) is 5.91 Å². The molecule has 2 aliphatic rings. The van der Waals surface area contributed by atoms with Crippen LogP contribution in [0.3, 0.4) is 0 Å². The number of benzene rings is 2. The van der Waals surface area contributed by atoms with Crippen LogP contribution >= 0.6 is 0 Å². The molecule has 140 valence electrons. The lowest BCUT2D eigenvalue weighted by atomic mass is 9.90. The summed E-state index contributed by atoms with van der Waals surface area (Å²) in [6.07, 6.45) is 4.86. The zero-order chi connectivity index (χ0) is 18.6. The Bertz CT molecular complexity index is 862. The van der Waals surface area contributed by atoms with E-state index in [-0.39, 0.29) is 12.0 Å². The van der Waals surface area contributed by atoms with Gasteiger partial charge in [0.25, 0.3) is 0 Å². The minimum atomic E-state index is -0.316. The van der Waals surface area contributed by atoms with Crippen molar-refractivity contribution < 1.29 is 14.3 Å². The number of aryl methyl sites for hydroxylation is 2. The zero-order valence-electron chi connectivity index (χ0n) is 15.4. The summed E-state index contributed by atoms with van der Waals surface area (Å²) in [6, 6.07) is 14.1. The lowest BCUT2D eigenvalue weighted by Gasteiger charge is -2.16. The quantitative estimate of drug-likeness (QED) is 0.885. The monoisotopic (exact) mass is 364 g/mol. The molecule has 5 heteroatoms. The molecule has 0 spiro atoms. The number of carbonyl (C=O) groups excluding carboxylic acids is 2. The molecule has 1 heterocycles. The third-order valence-corrected chi connectivity index (χ3v) is 5.25. The second-order valence-corrected chi connectivity index (χ2v) is 7.20. The van der Waals surface area contributed by atoms with Crippen molar-refractivity contribution in [3.63, 3.8) is 0 Å². The standard InChI is InChI=1S/C22H24N2O3/c25-21(14-16-8-9-18-5-1-2-6-19(18)12-16)23-15-17-4-3-7-20(13-17)24-10-11-27-22(24)26/h3-4,7-9,12-13H,1-2,5-6,10-11,14-15H2,(H,23,25). The number of hydrogen-bond donors (Lipinski definition) is 1. The minimum absolute atomic E-state index is 0.0109. The van der Waals surface area contributed by atoms with E-state index in [1.54, 1.807) is 4.90 Å². The Morgan fingerprint density at radius 3 is 2.70 bits per heavy atom. The molecule has 0 bridgehead atoms. The Labute approximate surface area is 159 Å². The summed E-state index contributed by atoms with van der Waals surface area (Å²) in [5, 5.41) is 2.98. The molecule has 0 saturated carbocycles. The lowest BCUT2D eigenvalue weighted by molar-refractivity contribution is -0.120. The molecule has 1 saturated heterocycles. The number of nitrogens with zero attached hydrogens (tertiary/aromatic N) is 1. The number of anilines is 1. The second kappa shape index (κ2) is 7.82. The molecule has 2 aromatic carbocycles. The van der Waals surface area contributed by atoms with Crippen LogP contribution in [0.15, 0.2) is 42.5 Å². The highest BCUT2D eigenvalue weighted by atomic mass is 16.6. The second-order valence-electron chi connectivity index (χ2n) is 7.20. The van der Waals surface area contributed by atoms with Crippen molar-refractivity contribution in [3.8, 4) is 0 Å². The van der Waals surface area contributed by atoms with Gasteiger partial charge in [-0.1, -0.05) is 30.3 Å². The van der Waals surface area contributed by atoms with Crippen molar-refractivity contribution in [2.75, 3.05) is 18.1 Å². The van der Waals surface area contributed by atoms with E-state index in [0.717, 1.165) is 29.7 Å². The predicted octanol–water partition coefficient (Wildman–Crippen LogP) is 3.38. The summed E-state index contributed by atoms with van der Waals surface area (Å²) in [5.74, 6) is 0.0109. The molecule has 0 unspecified atom stereocenters. The molecule has 1 N–H and O–H groups in total. The highest BCUT2D eigenvalue weighted by molar-refractivity contribution is 5.89. The van der Waals surface area contributed by atoms with Crippen LogP contribution in [-0.2, 0) is 35.3 Å². The molecule has 0 radical (unpaired) electrons. The number of rotatable bonds is 5. The van der Waals surface area contributed by atoms with Gasteiger partial charge in [0, 0.05) is 12.2 Å². The first-order valence-electron chi connectivity index (χ1n) is 9.60. The molecule has 1 aliphatic carbocycles. The van der Waals surface area contributed by atoms with Gasteiger partial charge in [-0.25, -0.2) is 4.79 Å². The molecule has 27 heavy (non-hydrogen) atoms. The fourth-order valence-corrected chi connectivity index (χ4v) is 3.81. The van der Waals surface area contributed by atoms with E-state index in [1.165, 1.54) is 24.0 Å². The Hall–Kier alpha value is -2.82. The number of ether oxygens (including phenoxy) is 1. The van der Waals surface area contributed by atoms with E-state index >= 15 is 0 Å². The van der Waals surface area contributed by atoms with Gasteiger partial charge in [0.1, 0.15) is 6.61 Å². The first kappa shape index (κ1) is 17.6. The minimum Gasteiger partial charge on any atom is -0.447 e. The lowest BCUT2D eigenvalue weighted by Crippen LogP contribution is -2.26. The first-order valence-corrected chi connectivity index (χ1v) is 9.60. The SMILES string of the molecule is O=C(Cc1ccc2c(c1)CCCC2)NCc1cccc(N2CCOC2=O)c1. The number of nitrogens with one attached hydrogen (secondary N) is 1. The van der Waals surface area contributed by atoms with Gasteiger partial charge in [0.05, 0.1) is 13.0 Å². The van der Waals surface area contributed by atoms with Crippen molar-refractivity contribution in [1.29, 1.82) is 0 Å². The molecular formula is C22H24N2O3. The smallest absolute Gasteiger partial charge is 0.414 e. The van der Waals surface area contributed by atoms with Gasteiger partial charge in [-0.05, 0) is 60.1 Å². The highest BCUT2D eigenvalue weighted by Gasteiger charge is 2.23. The fourth-order valence-electron chi connectivity index (χ4n) is 3.81. The normalized spacial score (nSPS) is 16.0. The molecule has 2 aromatic rings. The number of fused-ring (bicyclic) bond motifs is 1. The van der Waals surface area contributed by atoms with E-state index in [1.807, 2.05) is 24.3 Å². The summed E-state index contributed by atoms with van der Waals surface area (Å²) >= 11 is 0. The number of carbonyl (C=O) groups is 2. The van der Waals surface area contributed by atoms with Crippen LogP contribution in [0.5, 0.6) is 0 Å². The van der Waals surface area contributed by atoms with Gasteiger partial charge >= 0.3 is 6.09 Å². The summed E-state index contributed by atoms with van der Waals surface area (Å²) in [6.45, 7) is 1.42. The molecule has 1 fully saturated rings. The number of cyclic esters (lactones) is 1. The average Bonchev–Trinajstić information content (AvgIpc) is 3.12. The first-order chi connectivity index (χ1) is 13.2. The van der Waals surface area contributed by atoms with Crippen LogP contribution < -0.4 is 10.2 Å². The van der Waals surface area contributed by atoms with Crippen molar-refractivity contribution in [2.45, 2.75) is 38.6 Å². The topological polar surface area (TPSA) is 58.6 Å². The molecule has 0 aromatic heterocycles. The zero-order valence-corrected chi connectivity index (χ0v) is 15.4. The molecular weight excluding hydrogens is 340 g/mol. The van der Waals surface area contributed by atoms with E-state index in [9.17, 15) is 9.59 Å². The van der Waals surface area contributed by atoms with Gasteiger partial charge in [-0.3, -0.25) is 9.69 Å². The van der Waals surface area contributed by atoms with Crippen LogP contribution in [0, 0.1) is 0 Å². The Kier molecular flexibility index (Phi) is 5.10. The van der Waals surface area contributed by atoms with Gasteiger partial charge in [-0.2, -0.15) is 0 Å². The maximum Gasteiger partial charge on any atom is 0.414 e. The van der Waals surface area contributed by atoms with Crippen molar-refractivity contribution in [3.05, 3.63) is 64.7 Å². The van der Waals surface area contributed by atoms with E-state index in [0.29, 0.717) is 26.1 Å². The van der Waals surface area contributed by atoms with Crippen LogP contribution in [0.1, 0.15) is 35.1 Å². The number of hydrogen-bond acceptors (Lipinski definition) is 3. The maximum absolute atomic E-state index is 12.4. The van der Waals surface area contributed by atoms with Crippen molar-refractivity contribution in [2.24, 2.45) is 0 Å². The largest absolute Gasteiger partial charge is 0.447 e. The maximum atomic E-state index is 12.4. The molecule has 4 rings (SSSR count). The Morgan fingerprint density at radius 1 is 1.04 bits per heavy atom. The molecule has 0 atom stereocenters. The third kappa shape index (κ3) is 4.13. The Morgan fingerprint density at radius 2 is 1.89 bits per heavy atom. The summed E-state index contributed by atoms with van der Waals surface area (Å²) in [5.41, 5.74) is 5.67. The number of amides is 2. The van der Waals surface area contributed by atoms with Crippen molar-refractivity contribution in [1.82, 2.24) is 5.32 Å². The van der Waals surface area contributed by atoms with Crippen LogP contribution in [0.2, 0.25) is 0 Å². The average molecular weight is 364 g/mol. The van der Waals surface area contributed by atoms with E-state index in [2.05, 4.69) is 23.5 Å². The molecule has 2 amide bonds. The summed E-state index contributed by atoms with van der Waals surface area (Å²) < 4.78 is 4.98. The third-order valence-electron chi connectivity index (χ3n) is 5.25. The summed E-state index contributed by atoms with van der Waals surface area (Å²) in [4.78, 5) is 25.7.